The summed E-state index contributed by atoms with van der Waals surface area (Å²) in [7, 11) is 15.9. The SMILES string of the molecule is C=CC(=O)Cc1cc(N(C)CCOC)ccc1Nc1ncc2c(n1)N(C)C(=O)N(c1cc(OC)cc(OC)c1)C2.C=CC(=O)Cc1ccccc1Nc1ncc2c(n1)N(C1CC1)C(=O)N(c1c(Cl)c(OC)cc(OC)c1Cl)C2.C=CC(=O)NC1CCCCC1Nc1ncc2c(n1)N(C)C(=O)N(c1c(Cl)c(OC)cc(OC)c1Cl)C2. The molecule has 8 aromatic rings. The molecule has 30 nitrogen and oxygen atoms in total. The number of urea groups is 3. The maximum atomic E-state index is 13.9. The predicted octanol–water partition coefficient (Wildman–Crippen LogP) is 14.5. The number of fused-ring (bicyclic) bond motifs is 3. The molecule has 3 aliphatic heterocycles. The molecule has 5 aliphatic rings. The largest absolute Gasteiger partial charge is 0.497 e. The van der Waals surface area contributed by atoms with Crippen molar-refractivity contribution in [2.45, 2.75) is 89.1 Å². The number of aromatic nitrogens is 6. The number of nitrogens with zero attached hydrogens (tertiary/aromatic N) is 13. The molecule has 2 atom stereocenters. The van der Waals surface area contributed by atoms with Gasteiger partial charge in [0, 0.05) is 148 Å². The molecular formula is C80H87Cl4N17O13. The van der Waals surface area contributed by atoms with E-state index in [0.717, 1.165) is 66.5 Å². The summed E-state index contributed by atoms with van der Waals surface area (Å²) in [6.45, 7) is 12.5. The van der Waals surface area contributed by atoms with Gasteiger partial charge < -0.3 is 59.3 Å². The van der Waals surface area contributed by atoms with Crippen LogP contribution in [0.25, 0.3) is 0 Å². The number of carbonyl (C=O) groups excluding carboxylic acids is 6. The fourth-order valence-corrected chi connectivity index (χ4v) is 14.7. The van der Waals surface area contributed by atoms with Crippen LogP contribution in [0.1, 0.15) is 66.3 Å². The van der Waals surface area contributed by atoms with Crippen LogP contribution < -0.4 is 84.0 Å². The molecule has 598 valence electrons. The van der Waals surface area contributed by atoms with Crippen LogP contribution in [0.3, 0.4) is 0 Å². The van der Waals surface area contributed by atoms with Crippen molar-refractivity contribution in [1.29, 1.82) is 0 Å². The maximum Gasteiger partial charge on any atom is 0.330 e. The summed E-state index contributed by atoms with van der Waals surface area (Å²) < 4.78 is 37.4. The molecule has 2 unspecified atom stereocenters. The van der Waals surface area contributed by atoms with Crippen molar-refractivity contribution < 1.29 is 61.9 Å². The molecule has 0 radical (unpaired) electrons. The number of halogens is 4. The van der Waals surface area contributed by atoms with Crippen LogP contribution in [0.5, 0.6) is 34.5 Å². The number of amides is 7. The highest BCUT2D eigenvalue weighted by atomic mass is 35.5. The Morgan fingerprint density at radius 1 is 0.535 bits per heavy atom. The van der Waals surface area contributed by atoms with Gasteiger partial charge >= 0.3 is 18.1 Å². The number of nitrogens with one attached hydrogen (secondary N) is 4. The van der Waals surface area contributed by atoms with Crippen molar-refractivity contribution in [1.82, 2.24) is 35.2 Å². The monoisotopic (exact) mass is 1630 g/mol. The molecule has 2 saturated carbocycles. The fourth-order valence-electron chi connectivity index (χ4n) is 13.2. The molecule has 3 aromatic heterocycles. The van der Waals surface area contributed by atoms with Crippen LogP contribution in [-0.2, 0) is 51.6 Å². The Balaban J connectivity index is 0.000000169. The lowest BCUT2D eigenvalue weighted by atomic mass is 9.90. The van der Waals surface area contributed by atoms with Crippen LogP contribution in [0.4, 0.5) is 83.8 Å². The van der Waals surface area contributed by atoms with Crippen molar-refractivity contribution in [3.63, 3.8) is 0 Å². The van der Waals surface area contributed by atoms with E-state index in [1.807, 2.05) is 49.5 Å². The number of rotatable bonds is 28. The number of ketones is 2. The van der Waals surface area contributed by atoms with E-state index in [9.17, 15) is 28.8 Å². The fraction of sp³-hybridized carbons (Fsp3) is 0.325. The minimum atomic E-state index is -0.375. The van der Waals surface area contributed by atoms with Gasteiger partial charge in [-0.25, -0.2) is 29.3 Å². The lowest BCUT2D eigenvalue weighted by molar-refractivity contribution is -0.117. The maximum absolute atomic E-state index is 13.9. The molecule has 0 spiro atoms. The lowest BCUT2D eigenvalue weighted by Gasteiger charge is -2.37. The number of allylic oxidation sites excluding steroid dienone is 2. The normalized spacial score (nSPS) is 15.4. The topological polar surface area (TPSA) is 315 Å². The van der Waals surface area contributed by atoms with Crippen LogP contribution in [0.15, 0.2) is 129 Å². The summed E-state index contributed by atoms with van der Waals surface area (Å²) in [6, 6.07) is 20.6. The third-order valence-electron chi connectivity index (χ3n) is 19.5. The molecule has 2 fully saturated rings. The predicted molar refractivity (Wildman–Crippen MR) is 442 cm³/mol. The van der Waals surface area contributed by atoms with Gasteiger partial charge in [0.2, 0.25) is 23.8 Å². The Bertz CT molecular complexity index is 4940. The van der Waals surface area contributed by atoms with Gasteiger partial charge in [0.15, 0.2) is 11.6 Å². The molecule has 34 heteroatoms. The molecule has 4 N–H and O–H groups in total. The van der Waals surface area contributed by atoms with E-state index < -0.39 is 0 Å². The number of anilines is 12. The third-order valence-corrected chi connectivity index (χ3v) is 21.0. The number of hydrogen-bond donors (Lipinski definition) is 4. The number of carbonyl (C=O) groups is 6. The zero-order valence-corrected chi connectivity index (χ0v) is 67.6. The first-order valence-electron chi connectivity index (χ1n) is 36.1. The molecule has 0 saturated heterocycles. The summed E-state index contributed by atoms with van der Waals surface area (Å²) in [5.74, 6) is 4.56. The van der Waals surface area contributed by atoms with Gasteiger partial charge in [0.05, 0.1) is 86.0 Å². The van der Waals surface area contributed by atoms with Crippen molar-refractivity contribution in [2.24, 2.45) is 0 Å². The second kappa shape index (κ2) is 37.3. The summed E-state index contributed by atoms with van der Waals surface area (Å²) in [4.78, 5) is 115. The molecular weight excluding hydrogens is 1550 g/mol. The Labute approximate surface area is 679 Å². The highest BCUT2D eigenvalue weighted by Crippen LogP contribution is 2.51. The Morgan fingerprint density at radius 3 is 1.51 bits per heavy atom. The lowest BCUT2D eigenvalue weighted by Crippen LogP contribution is -2.49. The van der Waals surface area contributed by atoms with E-state index in [2.05, 4.69) is 70.8 Å². The Morgan fingerprint density at radius 2 is 1.00 bits per heavy atom. The van der Waals surface area contributed by atoms with Gasteiger partial charge in [0.1, 0.15) is 72.0 Å². The van der Waals surface area contributed by atoms with E-state index in [1.165, 1.54) is 66.3 Å². The number of hydrogen-bond acceptors (Lipinski definition) is 23. The third kappa shape index (κ3) is 18.5. The van der Waals surface area contributed by atoms with Crippen LogP contribution >= 0.6 is 46.4 Å². The first kappa shape index (κ1) is 83.2. The molecule has 5 aromatic carbocycles. The average molecular weight is 1640 g/mol. The van der Waals surface area contributed by atoms with Gasteiger partial charge in [-0.3, -0.25) is 43.8 Å². The minimum Gasteiger partial charge on any atom is -0.497 e. The van der Waals surface area contributed by atoms with E-state index in [1.54, 1.807) is 94.1 Å². The van der Waals surface area contributed by atoms with Crippen molar-refractivity contribution in [3.8, 4) is 34.5 Å². The van der Waals surface area contributed by atoms with Gasteiger partial charge in [0.25, 0.3) is 0 Å². The minimum absolute atomic E-state index is 0.00523. The smallest absolute Gasteiger partial charge is 0.330 e. The second-order valence-electron chi connectivity index (χ2n) is 26.8. The van der Waals surface area contributed by atoms with Gasteiger partial charge in [-0.05, 0) is 79.3 Å². The number of ether oxygens (including phenoxy) is 7. The van der Waals surface area contributed by atoms with E-state index in [0.29, 0.717) is 111 Å². The summed E-state index contributed by atoms with van der Waals surface area (Å²) in [5, 5.41) is 13.5. The van der Waals surface area contributed by atoms with Crippen LogP contribution in [0, 0.1) is 0 Å². The van der Waals surface area contributed by atoms with Gasteiger partial charge in [-0.2, -0.15) is 15.0 Å². The average Bonchev–Trinajstić information content (AvgIpc) is 1.33. The molecule has 0 bridgehead atoms. The number of methoxy groups -OCH3 is 7. The van der Waals surface area contributed by atoms with Crippen molar-refractivity contribution in [3.05, 3.63) is 177 Å². The van der Waals surface area contributed by atoms with Crippen LogP contribution in [0.2, 0.25) is 20.1 Å². The second-order valence-corrected chi connectivity index (χ2v) is 28.3. The quantitative estimate of drug-likeness (QED) is 0.0331. The summed E-state index contributed by atoms with van der Waals surface area (Å²) in [5.41, 5.74) is 7.31. The first-order valence-corrected chi connectivity index (χ1v) is 37.6. The first-order chi connectivity index (χ1) is 54.9. The standard InChI is InChI=1S/C29H34N6O5.C27H25Cl2N5O4.C24H28Cl2N6O4/c1-7-23(36)13-19-12-21(33(2)10-11-38-4)8-9-26(19)31-28-30-17-20-18-35(29(37)34(3)27(20)32-28)22-14-24(39-5)16-25(15-22)40-6;1-4-18(35)11-15-7-5-6-8-19(15)31-26-30-13-16-14-33(27(36)34(17-9-10-17)25(16)32-26)24-22(28)20(37-2)12-21(38-3)23(24)29;1-5-18(33)28-14-8-6-7-9-15(14)29-23-27-11-13-12-32(24(34)31(2)22(13)30-23)21-19(25)16(35-3)10-17(36-4)20(21)26/h7-9,12,14-17H,1,10-11,13,18H2,2-6H3,(H,30,31,32);4-8,12-13,17H,1,9-11,14H2,2-3H3,(H,30,31,32);5,10-11,14-15H,1,6-9,12H2,2-4H3,(H,28,33)(H,27,29,30). The zero-order chi connectivity index (χ0) is 81.8. The van der Waals surface area contributed by atoms with E-state index >= 15 is 0 Å². The molecule has 6 heterocycles. The molecule has 2 aliphatic carbocycles. The summed E-state index contributed by atoms with van der Waals surface area (Å²) in [6.07, 6.45) is 14.7. The highest BCUT2D eigenvalue weighted by molar-refractivity contribution is 6.43. The van der Waals surface area contributed by atoms with E-state index in [-0.39, 0.29) is 112 Å². The number of benzene rings is 5. The number of likely N-dealkylation sites (N-methyl/N-ethyl adjacent to an activating group) is 1. The number of para-hydroxylation sites is 1. The summed E-state index contributed by atoms with van der Waals surface area (Å²) >= 11 is 26.4. The Hall–Kier alpha value is -11.7. The van der Waals surface area contributed by atoms with Crippen molar-refractivity contribution >= 4 is 151 Å². The van der Waals surface area contributed by atoms with Crippen LogP contribution in [-0.4, -0.2) is 168 Å². The molecule has 114 heavy (non-hydrogen) atoms. The molecule has 7 amide bonds. The van der Waals surface area contributed by atoms with Crippen molar-refractivity contribution in [2.75, 3.05) is 134 Å². The Kier molecular flexibility index (Phi) is 27.2. The zero-order valence-electron chi connectivity index (χ0n) is 64.6. The molecule has 13 rings (SSSR count). The van der Waals surface area contributed by atoms with E-state index in [4.69, 9.17) is 84.5 Å². The highest BCUT2D eigenvalue weighted by Gasteiger charge is 2.44. The van der Waals surface area contributed by atoms with Gasteiger partial charge in [-0.1, -0.05) is 97.2 Å². The van der Waals surface area contributed by atoms with Gasteiger partial charge in [-0.15, -0.1) is 0 Å².